The summed E-state index contributed by atoms with van der Waals surface area (Å²) >= 11 is 1.94. The number of rotatable bonds is 7. The van der Waals surface area contributed by atoms with Crippen molar-refractivity contribution in [2.75, 3.05) is 6.54 Å². The van der Waals surface area contributed by atoms with Gasteiger partial charge in [0.25, 0.3) is 0 Å². The maximum absolute atomic E-state index is 3.62. The van der Waals surface area contributed by atoms with Gasteiger partial charge >= 0.3 is 0 Å². The number of thiophene rings is 1. The summed E-state index contributed by atoms with van der Waals surface area (Å²) in [6.45, 7) is 7.42. The van der Waals surface area contributed by atoms with Crippen molar-refractivity contribution in [3.63, 3.8) is 0 Å². The van der Waals surface area contributed by atoms with Crippen LogP contribution in [0.4, 0.5) is 0 Å². The van der Waals surface area contributed by atoms with E-state index >= 15 is 0 Å². The van der Waals surface area contributed by atoms with Crippen LogP contribution >= 0.6 is 11.3 Å². The minimum absolute atomic E-state index is 0.487. The summed E-state index contributed by atoms with van der Waals surface area (Å²) in [7, 11) is 0. The molecule has 94 valence electrons. The fourth-order valence-corrected chi connectivity index (χ4v) is 2.84. The molecule has 0 saturated carbocycles. The summed E-state index contributed by atoms with van der Waals surface area (Å²) in [5.41, 5.74) is 0. The predicted molar refractivity (Wildman–Crippen MR) is 77.4 cm³/mol. The van der Waals surface area contributed by atoms with Gasteiger partial charge in [-0.05, 0) is 44.9 Å². The zero-order chi connectivity index (χ0) is 12.5. The van der Waals surface area contributed by atoms with Crippen LogP contribution in [0.1, 0.15) is 55.8 Å². The number of hydrogen-bond donors (Lipinski definition) is 1. The highest BCUT2D eigenvalue weighted by Crippen LogP contribution is 2.26. The van der Waals surface area contributed by atoms with E-state index in [-0.39, 0.29) is 0 Å². The van der Waals surface area contributed by atoms with Crippen LogP contribution in [-0.2, 0) is 6.42 Å². The van der Waals surface area contributed by atoms with Crippen LogP contribution in [0.25, 0.3) is 0 Å². The van der Waals surface area contributed by atoms with Crippen molar-refractivity contribution in [3.05, 3.63) is 21.9 Å². The van der Waals surface area contributed by atoms with Crippen LogP contribution in [0.3, 0.4) is 0 Å². The van der Waals surface area contributed by atoms with Crippen LogP contribution in [0, 0.1) is 11.8 Å². The van der Waals surface area contributed by atoms with Gasteiger partial charge in [0.15, 0.2) is 0 Å². The van der Waals surface area contributed by atoms with E-state index in [1.165, 1.54) is 16.2 Å². The molecule has 1 rings (SSSR count). The quantitative estimate of drug-likeness (QED) is 0.716. The van der Waals surface area contributed by atoms with Crippen molar-refractivity contribution in [2.45, 2.75) is 52.5 Å². The van der Waals surface area contributed by atoms with E-state index in [2.05, 4.69) is 43.1 Å². The van der Waals surface area contributed by atoms with Crippen LogP contribution < -0.4 is 5.32 Å². The molecule has 1 atom stereocenters. The molecule has 0 bridgehead atoms. The Hall–Kier alpha value is -0.780. The monoisotopic (exact) mass is 249 g/mol. The number of aryl methyl sites for hydroxylation is 1. The first kappa shape index (κ1) is 14.3. The van der Waals surface area contributed by atoms with Gasteiger partial charge in [-0.2, -0.15) is 0 Å². The summed E-state index contributed by atoms with van der Waals surface area (Å²) < 4.78 is 0. The van der Waals surface area contributed by atoms with Gasteiger partial charge < -0.3 is 5.32 Å². The highest BCUT2D eigenvalue weighted by atomic mass is 32.1. The van der Waals surface area contributed by atoms with Crippen molar-refractivity contribution < 1.29 is 0 Å². The SMILES string of the molecule is CC#CCCC(NCCC)c1ccc(CC)s1. The lowest BCUT2D eigenvalue weighted by Crippen LogP contribution is -2.21. The number of nitrogens with one attached hydrogen (secondary N) is 1. The van der Waals surface area contributed by atoms with E-state index in [0.717, 1.165) is 25.8 Å². The third kappa shape index (κ3) is 4.93. The van der Waals surface area contributed by atoms with E-state index in [1.54, 1.807) is 0 Å². The lowest BCUT2D eigenvalue weighted by Gasteiger charge is -2.15. The summed E-state index contributed by atoms with van der Waals surface area (Å²) in [4.78, 5) is 2.94. The Morgan fingerprint density at radius 2 is 2.18 bits per heavy atom. The van der Waals surface area contributed by atoms with Crippen LogP contribution in [0.5, 0.6) is 0 Å². The van der Waals surface area contributed by atoms with Crippen molar-refractivity contribution in [1.29, 1.82) is 0 Å². The molecule has 0 aliphatic heterocycles. The van der Waals surface area contributed by atoms with Crippen LogP contribution in [0.2, 0.25) is 0 Å². The fraction of sp³-hybridized carbons (Fsp3) is 0.600. The highest BCUT2D eigenvalue weighted by Gasteiger charge is 2.12. The lowest BCUT2D eigenvalue weighted by molar-refractivity contribution is 0.512. The molecule has 0 aliphatic rings. The first-order valence-corrected chi connectivity index (χ1v) is 7.35. The maximum Gasteiger partial charge on any atom is 0.0424 e. The lowest BCUT2D eigenvalue weighted by atomic mass is 10.1. The van der Waals surface area contributed by atoms with E-state index in [4.69, 9.17) is 0 Å². The topological polar surface area (TPSA) is 12.0 Å². The molecule has 0 aromatic carbocycles. The molecule has 0 spiro atoms. The van der Waals surface area contributed by atoms with Gasteiger partial charge in [-0.25, -0.2) is 0 Å². The molecule has 0 radical (unpaired) electrons. The second-order valence-corrected chi connectivity index (χ2v) is 5.33. The molecule has 1 nitrogen and oxygen atoms in total. The van der Waals surface area contributed by atoms with Crippen molar-refractivity contribution in [1.82, 2.24) is 5.32 Å². The Morgan fingerprint density at radius 1 is 1.35 bits per heavy atom. The summed E-state index contributed by atoms with van der Waals surface area (Å²) in [6, 6.07) is 5.02. The van der Waals surface area contributed by atoms with Gasteiger partial charge in [-0.1, -0.05) is 13.8 Å². The standard InChI is InChI=1S/C15H23NS/c1-4-7-8-9-14(16-12-5-2)15-11-10-13(6-3)17-15/h10-11,14,16H,5-6,8-9,12H2,1-3H3. The molecule has 1 N–H and O–H groups in total. The van der Waals surface area contributed by atoms with Gasteiger partial charge in [-0.3, -0.25) is 0 Å². The van der Waals surface area contributed by atoms with Crippen molar-refractivity contribution >= 4 is 11.3 Å². The van der Waals surface area contributed by atoms with Gasteiger partial charge in [0, 0.05) is 22.2 Å². The molecular weight excluding hydrogens is 226 g/mol. The Bertz CT molecular complexity index is 370. The van der Waals surface area contributed by atoms with Gasteiger partial charge in [0.2, 0.25) is 0 Å². The minimum Gasteiger partial charge on any atom is -0.309 e. The molecule has 2 heteroatoms. The predicted octanol–water partition coefficient (Wildman–Crippen LogP) is 4.15. The minimum atomic E-state index is 0.487. The maximum atomic E-state index is 3.62. The number of hydrogen-bond acceptors (Lipinski definition) is 2. The van der Waals surface area contributed by atoms with Crippen LogP contribution in [0.15, 0.2) is 12.1 Å². The Balaban J connectivity index is 2.62. The average Bonchev–Trinajstić information content (AvgIpc) is 2.82. The Labute approximate surface area is 110 Å². The zero-order valence-corrected chi connectivity index (χ0v) is 12.0. The first-order valence-electron chi connectivity index (χ1n) is 6.53. The third-order valence-electron chi connectivity index (χ3n) is 2.75. The summed E-state index contributed by atoms with van der Waals surface area (Å²) in [6.07, 6.45) is 4.42. The molecule has 1 heterocycles. The normalized spacial score (nSPS) is 11.9. The highest BCUT2D eigenvalue weighted by molar-refractivity contribution is 7.12. The molecule has 1 aromatic heterocycles. The largest absolute Gasteiger partial charge is 0.309 e. The smallest absolute Gasteiger partial charge is 0.0424 e. The van der Waals surface area contributed by atoms with E-state index in [0.29, 0.717) is 6.04 Å². The van der Waals surface area contributed by atoms with Gasteiger partial charge in [-0.15, -0.1) is 23.2 Å². The molecular formula is C15H23NS. The molecule has 1 aromatic rings. The van der Waals surface area contributed by atoms with Gasteiger partial charge in [0.1, 0.15) is 0 Å². The van der Waals surface area contributed by atoms with Crippen molar-refractivity contribution in [2.24, 2.45) is 0 Å². The average molecular weight is 249 g/mol. The van der Waals surface area contributed by atoms with Crippen LogP contribution in [-0.4, -0.2) is 6.54 Å². The Morgan fingerprint density at radius 3 is 2.76 bits per heavy atom. The second kappa shape index (κ2) is 8.33. The van der Waals surface area contributed by atoms with Crippen molar-refractivity contribution in [3.8, 4) is 11.8 Å². The van der Waals surface area contributed by atoms with E-state index in [9.17, 15) is 0 Å². The molecule has 0 amide bonds. The van der Waals surface area contributed by atoms with Gasteiger partial charge in [0.05, 0.1) is 0 Å². The molecule has 0 saturated heterocycles. The fourth-order valence-electron chi connectivity index (χ4n) is 1.78. The van der Waals surface area contributed by atoms with E-state index in [1.807, 2.05) is 18.3 Å². The van der Waals surface area contributed by atoms with E-state index < -0.39 is 0 Å². The zero-order valence-electron chi connectivity index (χ0n) is 11.2. The third-order valence-corrected chi connectivity index (χ3v) is 4.09. The Kier molecular flexibility index (Phi) is 7.00. The summed E-state index contributed by atoms with van der Waals surface area (Å²) in [5, 5.41) is 3.62. The second-order valence-electron chi connectivity index (χ2n) is 4.13. The molecule has 0 fully saturated rings. The molecule has 1 unspecified atom stereocenters. The first-order chi connectivity index (χ1) is 8.31. The molecule has 17 heavy (non-hydrogen) atoms. The summed E-state index contributed by atoms with van der Waals surface area (Å²) in [5.74, 6) is 6.13. The molecule has 0 aliphatic carbocycles.